The molecule has 0 aliphatic heterocycles. The monoisotopic (exact) mass is 1080 g/mol. The molecular weight excluding hydrogens is 1040 g/mol. The summed E-state index contributed by atoms with van der Waals surface area (Å²) in [6.07, 6.45) is 14.3. The number of halogens is 3. The molecule has 4 aromatic heterocycles. The van der Waals surface area contributed by atoms with Crippen LogP contribution in [-0.4, -0.2) is 96.2 Å². The second-order valence-corrected chi connectivity index (χ2v) is 21.2. The molecule has 2 fully saturated rings. The van der Waals surface area contributed by atoms with Gasteiger partial charge in [-0.05, 0) is 62.1 Å². The van der Waals surface area contributed by atoms with Crippen LogP contribution in [0.2, 0.25) is 0 Å². The van der Waals surface area contributed by atoms with Crippen molar-refractivity contribution in [3.8, 4) is 17.3 Å². The van der Waals surface area contributed by atoms with E-state index in [-0.39, 0.29) is 61.9 Å². The summed E-state index contributed by atoms with van der Waals surface area (Å²) in [6, 6.07) is 14.5. The van der Waals surface area contributed by atoms with Crippen LogP contribution in [0, 0.1) is 0 Å². The maximum absolute atomic E-state index is 12.5. The SMILES string of the molecule is BrB(Br)Br.COc1nc(N[C@@H]2CCCC[C@@H]2N)nc(Nc2cccc(-n3nccn3)c2)c1C(N)=O.NC(=O)c1c(Nc2cccc(-n3nccn3)c2)nc(N[C@@H]2CCCC[C@@H]2N)[nH]c1=O. The second kappa shape index (κ2) is 23.3. The Morgan fingerprint density at radius 2 is 1.17 bits per heavy atom. The van der Waals surface area contributed by atoms with Gasteiger partial charge in [0, 0.05) is 35.5 Å². The number of carbonyl (C=O) groups excluding carboxylic acids is 2. The van der Waals surface area contributed by atoms with Gasteiger partial charge < -0.3 is 48.9 Å². The number of benzene rings is 2. The quantitative estimate of drug-likeness (QED) is 0.0713. The molecule has 0 unspecified atom stereocenters. The summed E-state index contributed by atoms with van der Waals surface area (Å²) in [7, 11) is 1.43. The van der Waals surface area contributed by atoms with Crippen LogP contribution in [0.5, 0.6) is 5.88 Å². The normalized spacial score (nSPS) is 17.8. The summed E-state index contributed by atoms with van der Waals surface area (Å²) in [5.74, 6) is -0.652. The fraction of sp³-hybridized carbons (Fsp3) is 0.333. The largest absolute Gasteiger partial charge is 0.480 e. The highest BCUT2D eigenvalue weighted by Gasteiger charge is 2.27. The number of anilines is 6. The summed E-state index contributed by atoms with van der Waals surface area (Å²) < 4.78 is 5.61. The third-order valence-electron chi connectivity index (χ3n) is 10.3. The molecule has 2 amide bonds. The first-order valence-corrected chi connectivity index (χ1v) is 23.2. The van der Waals surface area contributed by atoms with E-state index in [2.05, 4.69) is 109 Å². The zero-order valence-corrected chi connectivity index (χ0v) is 39.8. The molecular formula is C39H48BBr3N18O4. The summed E-state index contributed by atoms with van der Waals surface area (Å²) in [6.45, 7) is 0. The van der Waals surface area contributed by atoms with E-state index in [1.54, 1.807) is 43.0 Å². The fourth-order valence-electron chi connectivity index (χ4n) is 7.23. The van der Waals surface area contributed by atoms with Crippen LogP contribution in [0.1, 0.15) is 72.1 Å². The number of aromatic nitrogens is 10. The molecule has 26 heteroatoms. The first-order chi connectivity index (χ1) is 31.3. The third-order valence-corrected chi connectivity index (χ3v) is 10.3. The molecule has 342 valence electrons. The predicted octanol–water partition coefficient (Wildman–Crippen LogP) is 4.62. The average Bonchev–Trinajstić information content (AvgIpc) is 4.02. The molecule has 8 rings (SSSR count). The lowest BCUT2D eigenvalue weighted by molar-refractivity contribution is 0.0989. The number of ether oxygens (including phenoxy) is 1. The predicted molar refractivity (Wildman–Crippen MR) is 260 cm³/mol. The van der Waals surface area contributed by atoms with E-state index in [1.165, 1.54) is 16.7 Å². The molecule has 22 nitrogen and oxygen atoms in total. The van der Waals surface area contributed by atoms with Gasteiger partial charge in [-0.3, -0.25) is 19.4 Å². The Hall–Kier alpha value is -5.96. The highest BCUT2D eigenvalue weighted by atomic mass is 79.9. The second-order valence-electron chi connectivity index (χ2n) is 14.8. The zero-order valence-electron chi connectivity index (χ0n) is 35.1. The highest BCUT2D eigenvalue weighted by Crippen LogP contribution is 2.30. The number of nitrogens with one attached hydrogen (secondary N) is 5. The first-order valence-electron chi connectivity index (χ1n) is 20.4. The van der Waals surface area contributed by atoms with Crippen LogP contribution in [-0.2, 0) is 0 Å². The van der Waals surface area contributed by atoms with Crippen molar-refractivity contribution in [2.75, 3.05) is 28.4 Å². The van der Waals surface area contributed by atoms with Crippen LogP contribution < -0.4 is 54.5 Å². The number of nitrogens with zero attached hydrogens (tertiary/aromatic N) is 9. The van der Waals surface area contributed by atoms with E-state index in [9.17, 15) is 14.4 Å². The van der Waals surface area contributed by atoms with Crippen LogP contribution in [0.4, 0.5) is 34.9 Å². The lowest BCUT2D eigenvalue weighted by Crippen LogP contribution is -2.43. The van der Waals surface area contributed by atoms with Gasteiger partial charge in [-0.15, -0.1) is 47.3 Å². The van der Waals surface area contributed by atoms with E-state index in [4.69, 9.17) is 27.7 Å². The molecule has 2 aromatic carbocycles. The summed E-state index contributed by atoms with van der Waals surface area (Å²) in [5.41, 5.74) is 25.3. The van der Waals surface area contributed by atoms with E-state index >= 15 is 0 Å². The number of rotatable bonds is 13. The van der Waals surface area contributed by atoms with E-state index in [1.807, 2.05) is 30.3 Å². The molecule has 0 radical (unpaired) electrons. The Morgan fingerprint density at radius 1 is 0.708 bits per heavy atom. The van der Waals surface area contributed by atoms with Gasteiger partial charge in [0.1, 0.15) is 11.1 Å². The first kappa shape index (κ1) is 48.5. The smallest absolute Gasteiger partial charge is 0.369 e. The van der Waals surface area contributed by atoms with Crippen LogP contribution in [0.3, 0.4) is 0 Å². The molecule has 4 heterocycles. The Morgan fingerprint density at radius 3 is 1.63 bits per heavy atom. The minimum Gasteiger partial charge on any atom is -0.480 e. The number of aromatic amines is 1. The number of H-pyrrole nitrogens is 1. The number of nitrogens with two attached hydrogens (primary N) is 4. The lowest BCUT2D eigenvalue weighted by Gasteiger charge is -2.29. The van der Waals surface area contributed by atoms with Gasteiger partial charge in [-0.25, -0.2) is 0 Å². The van der Waals surface area contributed by atoms with Gasteiger partial charge in [0.05, 0.1) is 43.3 Å². The van der Waals surface area contributed by atoms with Gasteiger partial charge in [0.15, 0.2) is 11.6 Å². The molecule has 6 aromatic rings. The minimum atomic E-state index is -0.878. The lowest BCUT2D eigenvalue weighted by atomic mass is 9.91. The molecule has 2 saturated carbocycles. The van der Waals surface area contributed by atoms with Gasteiger partial charge in [-0.1, -0.05) is 37.8 Å². The maximum atomic E-state index is 12.5. The van der Waals surface area contributed by atoms with Crippen molar-refractivity contribution in [3.05, 3.63) is 94.8 Å². The number of primary amides is 2. The third kappa shape index (κ3) is 13.5. The topological polar surface area (TPSA) is 329 Å². The summed E-state index contributed by atoms with van der Waals surface area (Å²) in [5, 5.41) is 29.1. The number of hydrogen-bond acceptors (Lipinski definition) is 17. The van der Waals surface area contributed by atoms with Gasteiger partial charge >= 0.3 is 3.18 Å². The Balaban J connectivity index is 0.000000199. The van der Waals surface area contributed by atoms with Crippen LogP contribution in [0.25, 0.3) is 11.4 Å². The molecule has 2 aliphatic carbocycles. The fourth-order valence-corrected chi connectivity index (χ4v) is 7.23. The standard InChI is InChI=1S/C20H25N9O2.C19H23N9O2.BBr3/c1-31-19-16(17(22)30)18(27-20(28-19)26-15-8-3-2-7-14(15)21)25-12-5-4-6-13(11-12)29-23-9-10-24-29;20-13-6-1-2-7-14(13)25-19-26-17(15(16(21)29)18(30)27-19)24-11-4-3-5-12(10-11)28-22-8-9-23-28;2-1(3)4/h4-6,9-11,14-15H,2-3,7-8,21H2,1H3,(H2,22,30)(H2,25,26,27,28);3-5,8-10,13-14H,1-2,6-7,20H2,(H2,21,29)(H3,24,25,26,27,30);/t14-,15+;13-,14+;/m00./s1. The average molecular weight is 1080 g/mol. The maximum Gasteiger partial charge on any atom is 0.369 e. The van der Waals surface area contributed by atoms with Crippen molar-refractivity contribution in [1.29, 1.82) is 0 Å². The molecule has 13 N–H and O–H groups in total. The number of hydrogen-bond donors (Lipinski definition) is 9. The molecule has 65 heavy (non-hydrogen) atoms. The van der Waals surface area contributed by atoms with Gasteiger partial charge in [0.2, 0.25) is 17.8 Å². The molecule has 2 aliphatic rings. The number of carbonyl (C=O) groups is 2. The molecule has 0 spiro atoms. The summed E-state index contributed by atoms with van der Waals surface area (Å²) in [4.78, 5) is 55.4. The summed E-state index contributed by atoms with van der Waals surface area (Å²) >= 11 is 9.31. The molecule has 0 bridgehead atoms. The number of amides is 2. The Labute approximate surface area is 398 Å². The van der Waals surface area contributed by atoms with Crippen molar-refractivity contribution in [1.82, 2.24) is 49.9 Å². The van der Waals surface area contributed by atoms with Gasteiger partial charge in [0.25, 0.3) is 17.4 Å². The van der Waals surface area contributed by atoms with Crippen molar-refractivity contribution < 1.29 is 14.3 Å². The Kier molecular flexibility index (Phi) is 17.4. The highest BCUT2D eigenvalue weighted by molar-refractivity contribution is 9.69. The van der Waals surface area contributed by atoms with Crippen molar-refractivity contribution in [2.24, 2.45) is 22.9 Å². The minimum absolute atomic E-state index is 0.00817. The van der Waals surface area contributed by atoms with Crippen LogP contribution >= 0.6 is 47.3 Å². The van der Waals surface area contributed by atoms with Crippen molar-refractivity contribution in [3.63, 3.8) is 0 Å². The van der Waals surface area contributed by atoms with Gasteiger partial charge in [-0.2, -0.15) is 44.9 Å². The van der Waals surface area contributed by atoms with Crippen molar-refractivity contribution >= 4 is 97.2 Å². The van der Waals surface area contributed by atoms with Crippen LogP contribution in [0.15, 0.2) is 78.1 Å². The van der Waals surface area contributed by atoms with E-state index < -0.39 is 17.4 Å². The Bertz CT molecular complexity index is 2570. The number of methoxy groups -OCH3 is 1. The molecule has 4 atom stereocenters. The zero-order chi connectivity index (χ0) is 46.5. The van der Waals surface area contributed by atoms with Crippen molar-refractivity contribution in [2.45, 2.75) is 75.5 Å². The van der Waals surface area contributed by atoms with E-state index in [0.29, 0.717) is 23.0 Å². The molecule has 0 saturated heterocycles. The van der Waals surface area contributed by atoms with E-state index in [0.717, 1.165) is 57.1 Å².